The standard InChI is InChI=1S/Cr.Cu.Mg.Mn.O.2H/q;;+2;;;2*-1. The van der Waals surface area contributed by atoms with Crippen molar-refractivity contribution in [1.82, 2.24) is 0 Å². The van der Waals surface area contributed by atoms with E-state index < -0.39 is 0 Å². The Bertz CT molecular complexity index is 17.7. The van der Waals surface area contributed by atoms with Crippen LogP contribution in [0.1, 0.15) is 2.85 Å². The molecule has 5 heavy (non-hydrogen) atoms. The predicted octanol–water partition coefficient (Wildman–Crippen LogP) is -0.282. The molecule has 0 aliphatic carbocycles. The quantitative estimate of drug-likeness (QED) is 0.505. The van der Waals surface area contributed by atoms with Crippen molar-refractivity contribution in [2.24, 2.45) is 0 Å². The first kappa shape index (κ1) is 27.3. The summed E-state index contributed by atoms with van der Waals surface area (Å²) in [6, 6.07) is 0. The minimum atomic E-state index is 0. The van der Waals surface area contributed by atoms with Crippen LogP contribution in [0.3, 0.4) is 0 Å². The van der Waals surface area contributed by atoms with Gasteiger partial charge >= 0.3 is 42.8 Å². The van der Waals surface area contributed by atoms with Gasteiger partial charge in [-0.15, -0.1) is 0 Å². The van der Waals surface area contributed by atoms with Crippen LogP contribution in [0, 0.1) is 0 Å². The van der Waals surface area contributed by atoms with E-state index in [0.29, 0.717) is 0 Å². The van der Waals surface area contributed by atoms with Crippen molar-refractivity contribution in [1.29, 1.82) is 0 Å². The van der Waals surface area contributed by atoms with Crippen LogP contribution in [0.2, 0.25) is 0 Å². The molecule has 0 aromatic carbocycles. The molecule has 0 rings (SSSR count). The third-order valence-corrected chi connectivity index (χ3v) is 0. The van der Waals surface area contributed by atoms with Gasteiger partial charge in [0.2, 0.25) is 0 Å². The summed E-state index contributed by atoms with van der Waals surface area (Å²) in [6.45, 7) is 0. The van der Waals surface area contributed by atoms with Crippen LogP contribution in [0.4, 0.5) is 0 Å². The van der Waals surface area contributed by atoms with Gasteiger partial charge in [-0.05, 0) is 0 Å². The Labute approximate surface area is 79.4 Å². The summed E-state index contributed by atoms with van der Waals surface area (Å²) >= 11 is 1.69. The second kappa shape index (κ2) is 35.5. The molecule has 0 aliphatic heterocycles. The van der Waals surface area contributed by atoms with E-state index in [1.165, 1.54) is 0 Å². The summed E-state index contributed by atoms with van der Waals surface area (Å²) in [6.07, 6.45) is 0. The molecular formula is H2CrCuMgMnO. The van der Waals surface area contributed by atoms with Crippen molar-refractivity contribution >= 4 is 23.1 Å². The zero-order chi connectivity index (χ0) is 2.00. The van der Waals surface area contributed by atoms with E-state index in [2.05, 4.69) is 0 Å². The van der Waals surface area contributed by atoms with Gasteiger partial charge in [0.05, 0.1) is 0 Å². The normalized spacial score (nSPS) is 0.800. The Hall–Kier alpha value is 2.14. The van der Waals surface area contributed by atoms with E-state index in [1.54, 1.807) is 15.9 Å². The first-order valence-corrected chi connectivity index (χ1v) is 0.636. The molecule has 0 heterocycles. The molecule has 1 radical (unpaired) electrons. The van der Waals surface area contributed by atoms with Gasteiger partial charge < -0.3 is 2.85 Å². The SMILES string of the molecule is [Cr].[Cu].[H-].[H-].[Mg+2].[O]=[Mn]. The molecule has 0 unspecified atom stereocenters. The van der Waals surface area contributed by atoms with Crippen LogP contribution in [0.5, 0.6) is 0 Å². The molecular weight excluding hydrogens is 211 g/mol. The van der Waals surface area contributed by atoms with Crippen molar-refractivity contribution < 1.29 is 57.1 Å². The predicted molar refractivity (Wildman–Crippen MR) is 8.66 cm³/mol. The summed E-state index contributed by atoms with van der Waals surface area (Å²) in [5, 5.41) is 0. The van der Waals surface area contributed by atoms with Gasteiger partial charge in [0.1, 0.15) is 0 Å². The zero-order valence-electron chi connectivity index (χ0n) is 4.20. The topological polar surface area (TPSA) is 17.1 Å². The van der Waals surface area contributed by atoms with Crippen LogP contribution in [0.15, 0.2) is 0 Å². The average molecular weight is 213 g/mol. The van der Waals surface area contributed by atoms with Gasteiger partial charge in [-0.1, -0.05) is 0 Å². The van der Waals surface area contributed by atoms with Crippen molar-refractivity contribution in [2.45, 2.75) is 0 Å². The molecule has 0 saturated carbocycles. The molecule has 0 N–H and O–H groups in total. The van der Waals surface area contributed by atoms with Crippen molar-refractivity contribution in [2.75, 3.05) is 0 Å². The summed E-state index contributed by atoms with van der Waals surface area (Å²) in [5.74, 6) is 0. The van der Waals surface area contributed by atoms with Crippen molar-refractivity contribution in [3.8, 4) is 0 Å². The first-order valence-electron chi connectivity index (χ1n) is 0.154. The van der Waals surface area contributed by atoms with Crippen LogP contribution < -0.4 is 0 Å². The fourth-order valence-electron chi connectivity index (χ4n) is 0. The average Bonchev–Trinajstić information content (AvgIpc) is 1.00. The van der Waals surface area contributed by atoms with Crippen molar-refractivity contribution in [3.63, 3.8) is 0 Å². The summed E-state index contributed by atoms with van der Waals surface area (Å²) in [5.41, 5.74) is 0. The molecule has 5 heteroatoms. The molecule has 34 valence electrons. The molecule has 0 spiro atoms. The molecule has 1 nitrogen and oxygen atoms in total. The summed E-state index contributed by atoms with van der Waals surface area (Å²) in [7, 11) is 0. The van der Waals surface area contributed by atoms with Gasteiger partial charge in [0.25, 0.3) is 0 Å². The third kappa shape index (κ3) is 23.0. The first-order chi connectivity index (χ1) is 1.00. The van der Waals surface area contributed by atoms with Gasteiger partial charge in [-0.25, -0.2) is 0 Å². The number of hydrogen-bond donors (Lipinski definition) is 0. The number of rotatable bonds is 0. The van der Waals surface area contributed by atoms with E-state index in [1.807, 2.05) is 0 Å². The zero-order valence-corrected chi connectivity index (χ0v) is 7.01. The Balaban J connectivity index is -0.000000000500. The third-order valence-electron chi connectivity index (χ3n) is 0. The fraction of sp³-hybridized carbons (Fsp3) is 0. The molecule has 0 amide bonds. The molecule has 0 atom stereocenters. The summed E-state index contributed by atoms with van der Waals surface area (Å²) in [4.78, 5) is 0. The van der Waals surface area contributed by atoms with E-state index >= 15 is 0 Å². The van der Waals surface area contributed by atoms with Gasteiger partial charge in [0.15, 0.2) is 0 Å². The molecule has 0 aromatic heterocycles. The second-order valence-corrected chi connectivity index (χ2v) is 0. The molecule has 0 aromatic rings. The molecule has 0 bridgehead atoms. The Morgan fingerprint density at radius 2 is 1.40 bits per heavy atom. The van der Waals surface area contributed by atoms with Crippen LogP contribution >= 0.6 is 0 Å². The molecule has 0 fully saturated rings. The van der Waals surface area contributed by atoms with Gasteiger partial charge in [0, 0.05) is 34.4 Å². The summed E-state index contributed by atoms with van der Waals surface area (Å²) < 4.78 is 8.06. The van der Waals surface area contributed by atoms with E-state index in [9.17, 15) is 0 Å². The maximum atomic E-state index is 8.06. The minimum absolute atomic E-state index is 0. The molecule has 0 saturated heterocycles. The van der Waals surface area contributed by atoms with Gasteiger partial charge in [-0.2, -0.15) is 0 Å². The Kier molecular flexibility index (Phi) is 194. The van der Waals surface area contributed by atoms with E-state index in [4.69, 9.17) is 3.83 Å². The van der Waals surface area contributed by atoms with Crippen LogP contribution in [0.25, 0.3) is 0 Å². The van der Waals surface area contributed by atoms with E-state index in [0.717, 1.165) is 0 Å². The Morgan fingerprint density at radius 3 is 1.40 bits per heavy atom. The monoisotopic (exact) mass is 212 g/mol. The van der Waals surface area contributed by atoms with E-state index in [-0.39, 0.29) is 60.3 Å². The second-order valence-electron chi connectivity index (χ2n) is 0. The van der Waals surface area contributed by atoms with Gasteiger partial charge in [-0.3, -0.25) is 0 Å². The van der Waals surface area contributed by atoms with Crippen LogP contribution in [-0.4, -0.2) is 23.1 Å². The van der Waals surface area contributed by atoms with Crippen molar-refractivity contribution in [3.05, 3.63) is 0 Å². The number of hydrogen-bond acceptors (Lipinski definition) is 1. The fourth-order valence-corrected chi connectivity index (χ4v) is 0. The van der Waals surface area contributed by atoms with Crippen LogP contribution in [-0.2, 0) is 54.2 Å². The Morgan fingerprint density at radius 1 is 1.40 bits per heavy atom. The maximum absolute atomic E-state index is 8.06. The molecule has 0 aliphatic rings.